The van der Waals surface area contributed by atoms with E-state index >= 15 is 0 Å². The van der Waals surface area contributed by atoms with Crippen LogP contribution >= 0.6 is 0 Å². The van der Waals surface area contributed by atoms with Crippen LogP contribution in [0.2, 0.25) is 12.6 Å². The van der Waals surface area contributed by atoms with E-state index in [1.54, 1.807) is 0 Å². The Kier molecular flexibility index (Phi) is 15.9. The smallest absolute Gasteiger partial charge is 0.0793 e. The molecule has 2 aliphatic rings. The maximum Gasteiger partial charge on any atom is 0.0793 e. The van der Waals surface area contributed by atoms with E-state index in [1.165, 1.54) is 147 Å². The Morgan fingerprint density at radius 1 is 0.606 bits per heavy atom. The van der Waals surface area contributed by atoms with Gasteiger partial charge in [-0.2, -0.15) is 0 Å². The van der Waals surface area contributed by atoms with Crippen molar-refractivity contribution in [2.75, 3.05) is 13.2 Å². The van der Waals surface area contributed by atoms with Crippen LogP contribution in [0.5, 0.6) is 0 Å². The van der Waals surface area contributed by atoms with Crippen molar-refractivity contribution in [1.82, 2.24) is 0 Å². The highest BCUT2D eigenvalue weighted by Crippen LogP contribution is 2.43. The first-order valence-electron chi connectivity index (χ1n) is 15.4. The van der Waals surface area contributed by atoms with E-state index in [-0.39, 0.29) is 10.4 Å². The Balaban J connectivity index is 1.48. The van der Waals surface area contributed by atoms with Crippen molar-refractivity contribution < 1.29 is 9.47 Å². The van der Waals surface area contributed by atoms with Gasteiger partial charge in [0.25, 0.3) is 0 Å². The summed E-state index contributed by atoms with van der Waals surface area (Å²) in [6, 6.07) is 1.46. The number of hydrogen-bond donors (Lipinski definition) is 0. The lowest BCUT2D eigenvalue weighted by Gasteiger charge is -2.55. The van der Waals surface area contributed by atoms with Gasteiger partial charge in [-0.25, -0.2) is 0 Å². The molecule has 2 heterocycles. The molecular weight excluding hydrogens is 436 g/mol. The molecule has 0 bridgehead atoms. The van der Waals surface area contributed by atoms with E-state index in [9.17, 15) is 0 Å². The molecule has 0 amide bonds. The predicted octanol–water partition coefficient (Wildman–Crippen LogP) is 7.85. The summed E-state index contributed by atoms with van der Waals surface area (Å²) in [6.07, 6.45) is 31.1. The largest absolute Gasteiger partial charge is 0.377 e. The van der Waals surface area contributed by atoms with Gasteiger partial charge in [0.2, 0.25) is 0 Å². The minimum atomic E-state index is -0.965. The molecule has 2 fully saturated rings. The summed E-state index contributed by atoms with van der Waals surface area (Å²) in [6.45, 7) is 6.89. The fourth-order valence-electron chi connectivity index (χ4n) is 6.64. The highest BCUT2D eigenvalue weighted by atomic mass is 28.3. The Morgan fingerprint density at radius 2 is 1.06 bits per heavy atom. The Bertz CT molecular complexity index is 459. The highest BCUT2D eigenvalue weighted by molar-refractivity contribution is 6.62. The molecule has 0 aromatic rings. The fraction of sp³-hybridized carbons (Fsp3) is 1.00. The predicted molar refractivity (Wildman–Crippen MR) is 152 cm³/mol. The number of hydrogen-bond acceptors (Lipinski definition) is 2. The van der Waals surface area contributed by atoms with Gasteiger partial charge in [0.05, 0.1) is 19.2 Å². The first-order chi connectivity index (χ1) is 16.1. The van der Waals surface area contributed by atoms with Crippen molar-refractivity contribution in [3.63, 3.8) is 0 Å². The van der Waals surface area contributed by atoms with Gasteiger partial charge in [-0.15, -0.1) is 0 Å². The molecule has 2 rings (SSSR count). The number of ether oxygens (including phenoxy) is 2. The van der Waals surface area contributed by atoms with Crippen LogP contribution < -0.4 is 0 Å². The highest BCUT2D eigenvalue weighted by Gasteiger charge is 2.54. The molecule has 2 nitrogen and oxygen atoms in total. The lowest BCUT2D eigenvalue weighted by Crippen LogP contribution is -2.67. The van der Waals surface area contributed by atoms with Crippen LogP contribution in [0.4, 0.5) is 0 Å². The number of rotatable bonds is 19. The summed E-state index contributed by atoms with van der Waals surface area (Å²) >= 11 is 0. The third-order valence-electron chi connectivity index (χ3n) is 8.95. The van der Waals surface area contributed by atoms with Gasteiger partial charge in [0.15, 0.2) is 0 Å². The van der Waals surface area contributed by atoms with Gasteiger partial charge in [0.1, 0.15) is 0 Å². The summed E-state index contributed by atoms with van der Waals surface area (Å²) in [4.78, 5) is 0. The average Bonchev–Trinajstić information content (AvgIpc) is 2.84. The topological polar surface area (TPSA) is 18.5 Å². The molecule has 3 atom stereocenters. The molecule has 2 aliphatic heterocycles. The van der Waals surface area contributed by atoms with Gasteiger partial charge < -0.3 is 9.47 Å². The summed E-state index contributed by atoms with van der Waals surface area (Å²) in [5.74, 6) is 0. The van der Waals surface area contributed by atoms with Gasteiger partial charge in [-0.05, 0) is 38.5 Å². The Labute approximate surface area is 212 Å². The molecule has 0 N–H and O–H groups in total. The normalized spacial score (nSPS) is 27.1. The minimum Gasteiger partial charge on any atom is -0.377 e. The molecule has 0 aliphatic carbocycles. The van der Waals surface area contributed by atoms with E-state index in [1.807, 2.05) is 0 Å². The van der Waals surface area contributed by atoms with Gasteiger partial charge >= 0.3 is 0 Å². The van der Waals surface area contributed by atoms with Crippen LogP contribution in [0.25, 0.3) is 0 Å². The Morgan fingerprint density at radius 3 is 1.48 bits per heavy atom. The Hall–Kier alpha value is 0.354. The van der Waals surface area contributed by atoms with E-state index in [0.29, 0.717) is 0 Å². The van der Waals surface area contributed by atoms with Crippen LogP contribution in [0, 0.1) is 0 Å². The molecule has 0 spiro atoms. The van der Waals surface area contributed by atoms with Gasteiger partial charge in [-0.3, -0.25) is 0 Å². The third kappa shape index (κ3) is 10.5. The number of unbranched alkanes of at least 4 members (excludes halogenated alkanes) is 15. The molecule has 0 aromatic carbocycles. The maximum absolute atomic E-state index is 6.72. The maximum atomic E-state index is 6.72. The summed E-state index contributed by atoms with van der Waals surface area (Å²) in [5.41, 5.74) is 0. The van der Waals surface area contributed by atoms with Crippen LogP contribution in [0.15, 0.2) is 0 Å². The minimum absolute atomic E-state index is 0.131. The van der Waals surface area contributed by atoms with Crippen LogP contribution in [0.1, 0.15) is 148 Å². The van der Waals surface area contributed by atoms with E-state index < -0.39 is 8.80 Å². The molecule has 196 valence electrons. The molecule has 0 aromatic heterocycles. The monoisotopic (exact) mass is 496 g/mol. The fourth-order valence-corrected chi connectivity index (χ4v) is 12.8. The second-order valence-electron chi connectivity index (χ2n) is 11.7. The zero-order valence-corrected chi connectivity index (χ0v) is 26.2. The molecule has 33 heavy (non-hydrogen) atoms. The average molecular weight is 497 g/mol. The van der Waals surface area contributed by atoms with Crippen molar-refractivity contribution in [2.45, 2.75) is 171 Å². The van der Waals surface area contributed by atoms with E-state index in [0.717, 1.165) is 23.5 Å². The first-order valence-corrected chi connectivity index (χ1v) is 19.0. The van der Waals surface area contributed by atoms with Crippen molar-refractivity contribution in [3.05, 3.63) is 0 Å². The lowest BCUT2D eigenvalue weighted by molar-refractivity contribution is -0.161. The molecule has 0 radical (unpaired) electrons. The SMILES string of the molecule is CCCCCCCCCCCCCCCCCC[SiH](C)C1(C2([SiH3])CCCCO2)CCCCO1. The van der Waals surface area contributed by atoms with Gasteiger partial charge in [0, 0.05) is 23.5 Å². The molecule has 0 saturated carbocycles. The third-order valence-corrected chi connectivity index (χ3v) is 15.1. The summed E-state index contributed by atoms with van der Waals surface area (Å²) in [5, 5.41) is 0.291. The van der Waals surface area contributed by atoms with Crippen molar-refractivity contribution in [3.8, 4) is 0 Å². The second kappa shape index (κ2) is 17.7. The second-order valence-corrected chi connectivity index (χ2v) is 16.7. The molecular formula is C29H60O2Si2. The molecule has 4 heteroatoms. The van der Waals surface area contributed by atoms with Gasteiger partial charge in [-0.1, -0.05) is 122 Å². The van der Waals surface area contributed by atoms with E-state index in [4.69, 9.17) is 9.47 Å². The summed E-state index contributed by atoms with van der Waals surface area (Å²) < 4.78 is 13.3. The van der Waals surface area contributed by atoms with Crippen LogP contribution in [-0.2, 0) is 9.47 Å². The van der Waals surface area contributed by atoms with E-state index in [2.05, 4.69) is 13.5 Å². The lowest BCUT2D eigenvalue weighted by atomic mass is 9.96. The van der Waals surface area contributed by atoms with Crippen molar-refractivity contribution >= 4 is 19.0 Å². The van der Waals surface area contributed by atoms with Crippen molar-refractivity contribution in [2.24, 2.45) is 0 Å². The molecule has 2 saturated heterocycles. The first kappa shape index (κ1) is 29.6. The standard InChI is InChI=1S/C29H60O2Si2/c1-3-4-5-6-7-8-9-10-11-12-13-14-15-16-17-22-27-33(2)29(24-19-21-26-31-29)28(32)23-18-20-25-30-28/h33H,3-27H2,1-2,32H3. The van der Waals surface area contributed by atoms with Crippen molar-refractivity contribution in [1.29, 1.82) is 0 Å². The quantitative estimate of drug-likeness (QED) is 0.134. The van der Waals surface area contributed by atoms with Crippen LogP contribution in [0.3, 0.4) is 0 Å². The molecule has 3 unspecified atom stereocenters. The summed E-state index contributed by atoms with van der Waals surface area (Å²) in [7, 11) is 0.176. The zero-order chi connectivity index (χ0) is 23.7. The zero-order valence-electron chi connectivity index (χ0n) is 23.1. The van der Waals surface area contributed by atoms with Crippen LogP contribution in [-0.4, -0.2) is 42.7 Å².